The van der Waals surface area contributed by atoms with E-state index in [1.54, 1.807) is 30.3 Å². The molecule has 23 heavy (non-hydrogen) atoms. The number of nitrogens with one attached hydrogen (secondary N) is 1. The third-order valence-electron chi connectivity index (χ3n) is 3.31. The summed E-state index contributed by atoms with van der Waals surface area (Å²) in [5, 5.41) is 2.01. The van der Waals surface area contributed by atoms with Gasteiger partial charge in [-0.1, -0.05) is 42.5 Å². The molecular weight excluding hydrogens is 310 g/mol. The third-order valence-corrected chi connectivity index (χ3v) is 3.31. The summed E-state index contributed by atoms with van der Waals surface area (Å²) in [6, 6.07) is 13.6. The molecule has 0 radical (unpaired) electrons. The molecule has 2 aromatic rings. The second-order valence-corrected chi connectivity index (χ2v) is 5.19. The number of hydrogen-bond acceptors (Lipinski definition) is 1. The number of benzene rings is 2. The first kappa shape index (κ1) is 17.0. The van der Waals surface area contributed by atoms with Gasteiger partial charge >= 0.3 is 12.1 Å². The molecule has 0 aliphatic rings. The van der Waals surface area contributed by atoms with Crippen LogP contribution in [0.4, 0.5) is 17.6 Å². The van der Waals surface area contributed by atoms with Crippen LogP contribution in [0.1, 0.15) is 11.1 Å². The molecule has 0 spiro atoms. The van der Waals surface area contributed by atoms with Crippen molar-refractivity contribution in [3.8, 4) is 0 Å². The van der Waals surface area contributed by atoms with E-state index in [0.717, 1.165) is 5.56 Å². The normalized spacial score (nSPS) is 12.7. The number of amides is 1. The maximum absolute atomic E-state index is 12.9. The highest BCUT2D eigenvalue weighted by molar-refractivity contribution is 5.82. The van der Waals surface area contributed by atoms with Gasteiger partial charge in [0, 0.05) is 6.04 Å². The van der Waals surface area contributed by atoms with Gasteiger partial charge in [0.25, 0.3) is 0 Å². The van der Waals surface area contributed by atoms with Crippen LogP contribution in [0.2, 0.25) is 0 Å². The Kier molecular flexibility index (Phi) is 5.36. The SMILES string of the molecule is O=C(N[C@@H](Cc1ccccc1)Cc1ccc(F)cc1)C(F)(F)F. The van der Waals surface area contributed by atoms with Gasteiger partial charge in [-0.15, -0.1) is 0 Å². The van der Waals surface area contributed by atoms with Crippen molar-refractivity contribution >= 4 is 5.91 Å². The third kappa shape index (κ3) is 5.39. The molecule has 0 bridgehead atoms. The zero-order valence-electron chi connectivity index (χ0n) is 12.1. The standard InChI is InChI=1S/C17H15F4NO/c18-14-8-6-13(7-9-14)11-15(22-16(23)17(19,20)21)10-12-4-2-1-3-5-12/h1-9,15H,10-11H2,(H,22,23)/t15-/m0/s1. The zero-order valence-corrected chi connectivity index (χ0v) is 12.1. The van der Waals surface area contributed by atoms with Crippen LogP contribution >= 0.6 is 0 Å². The summed E-state index contributed by atoms with van der Waals surface area (Å²) < 4.78 is 50.4. The van der Waals surface area contributed by atoms with E-state index in [4.69, 9.17) is 0 Å². The Morgan fingerprint density at radius 2 is 1.43 bits per heavy atom. The van der Waals surface area contributed by atoms with Gasteiger partial charge in [-0.3, -0.25) is 4.79 Å². The Hall–Kier alpha value is -2.37. The van der Waals surface area contributed by atoms with Crippen molar-refractivity contribution in [2.24, 2.45) is 0 Å². The van der Waals surface area contributed by atoms with Gasteiger partial charge in [0.05, 0.1) is 0 Å². The second-order valence-electron chi connectivity index (χ2n) is 5.19. The monoisotopic (exact) mass is 325 g/mol. The molecule has 122 valence electrons. The van der Waals surface area contributed by atoms with Crippen molar-refractivity contribution in [1.82, 2.24) is 5.32 Å². The van der Waals surface area contributed by atoms with Crippen LogP contribution in [0, 0.1) is 5.82 Å². The van der Waals surface area contributed by atoms with Crippen molar-refractivity contribution in [3.05, 3.63) is 71.5 Å². The molecule has 0 fully saturated rings. The first-order valence-electron chi connectivity index (χ1n) is 7.00. The lowest BCUT2D eigenvalue weighted by Gasteiger charge is -2.20. The summed E-state index contributed by atoms with van der Waals surface area (Å²) in [6.07, 6.45) is -4.51. The van der Waals surface area contributed by atoms with E-state index in [-0.39, 0.29) is 12.8 Å². The highest BCUT2D eigenvalue weighted by atomic mass is 19.4. The van der Waals surface area contributed by atoms with E-state index in [9.17, 15) is 22.4 Å². The summed E-state index contributed by atoms with van der Waals surface area (Å²) in [5.74, 6) is -2.40. The molecule has 0 heterocycles. The van der Waals surface area contributed by atoms with Crippen LogP contribution in [0.25, 0.3) is 0 Å². The molecule has 0 aliphatic heterocycles. The molecule has 1 amide bonds. The summed E-state index contributed by atoms with van der Waals surface area (Å²) in [7, 11) is 0. The first-order valence-corrected chi connectivity index (χ1v) is 7.00. The molecule has 2 nitrogen and oxygen atoms in total. The Labute approximate surface area is 131 Å². The van der Waals surface area contributed by atoms with Gasteiger partial charge < -0.3 is 5.32 Å². The molecule has 0 saturated heterocycles. The van der Waals surface area contributed by atoms with Crippen LogP contribution < -0.4 is 5.32 Å². The molecule has 1 N–H and O–H groups in total. The molecule has 1 atom stereocenters. The van der Waals surface area contributed by atoms with Crippen molar-refractivity contribution in [2.75, 3.05) is 0 Å². The number of carbonyl (C=O) groups is 1. The topological polar surface area (TPSA) is 29.1 Å². The second kappa shape index (κ2) is 7.26. The van der Waals surface area contributed by atoms with E-state index in [2.05, 4.69) is 0 Å². The number of alkyl halides is 3. The number of carbonyl (C=O) groups excluding carboxylic acids is 1. The van der Waals surface area contributed by atoms with E-state index in [1.807, 2.05) is 5.32 Å². The molecule has 2 rings (SSSR count). The fourth-order valence-electron chi connectivity index (χ4n) is 2.25. The van der Waals surface area contributed by atoms with Gasteiger partial charge in [0.15, 0.2) is 0 Å². The summed E-state index contributed by atoms with van der Waals surface area (Å²) >= 11 is 0. The Bertz CT molecular complexity index is 638. The minimum Gasteiger partial charge on any atom is -0.345 e. The molecule has 0 aliphatic carbocycles. The largest absolute Gasteiger partial charge is 0.471 e. The molecule has 0 saturated carbocycles. The van der Waals surface area contributed by atoms with E-state index < -0.39 is 23.9 Å². The maximum Gasteiger partial charge on any atom is 0.471 e. The number of hydrogen-bond donors (Lipinski definition) is 1. The fraction of sp³-hybridized carbons (Fsp3) is 0.235. The van der Waals surface area contributed by atoms with Gasteiger partial charge in [-0.2, -0.15) is 13.2 Å². The average molecular weight is 325 g/mol. The van der Waals surface area contributed by atoms with Crippen molar-refractivity contribution in [1.29, 1.82) is 0 Å². The van der Waals surface area contributed by atoms with Crippen LogP contribution in [-0.4, -0.2) is 18.1 Å². The molecule has 0 unspecified atom stereocenters. The molecular formula is C17H15F4NO. The minimum atomic E-state index is -4.93. The first-order chi connectivity index (χ1) is 10.8. The van der Waals surface area contributed by atoms with Crippen LogP contribution in [-0.2, 0) is 17.6 Å². The predicted molar refractivity (Wildman–Crippen MR) is 78.2 cm³/mol. The fourth-order valence-corrected chi connectivity index (χ4v) is 2.25. The average Bonchev–Trinajstić information content (AvgIpc) is 2.49. The van der Waals surface area contributed by atoms with E-state index in [0.29, 0.717) is 5.56 Å². The Balaban J connectivity index is 2.13. The Morgan fingerprint density at radius 3 is 1.96 bits per heavy atom. The van der Waals surface area contributed by atoms with Gasteiger partial charge in [0.2, 0.25) is 0 Å². The minimum absolute atomic E-state index is 0.178. The quantitative estimate of drug-likeness (QED) is 0.835. The predicted octanol–water partition coefficient (Wildman–Crippen LogP) is 3.66. The van der Waals surface area contributed by atoms with Crippen molar-refractivity contribution in [3.63, 3.8) is 0 Å². The van der Waals surface area contributed by atoms with Gasteiger partial charge in [0.1, 0.15) is 5.82 Å². The van der Waals surface area contributed by atoms with Gasteiger partial charge in [-0.25, -0.2) is 4.39 Å². The Morgan fingerprint density at radius 1 is 0.913 bits per heavy atom. The maximum atomic E-state index is 12.9. The lowest BCUT2D eigenvalue weighted by atomic mass is 9.99. The van der Waals surface area contributed by atoms with Crippen LogP contribution in [0.15, 0.2) is 54.6 Å². The van der Waals surface area contributed by atoms with Crippen molar-refractivity contribution in [2.45, 2.75) is 25.1 Å². The molecule has 2 aromatic carbocycles. The van der Waals surface area contributed by atoms with Crippen LogP contribution in [0.5, 0.6) is 0 Å². The smallest absolute Gasteiger partial charge is 0.345 e. The molecule has 6 heteroatoms. The lowest BCUT2D eigenvalue weighted by Crippen LogP contribution is -2.45. The lowest BCUT2D eigenvalue weighted by molar-refractivity contribution is -0.174. The highest BCUT2D eigenvalue weighted by Crippen LogP contribution is 2.17. The zero-order chi connectivity index (χ0) is 16.9. The summed E-state index contributed by atoms with van der Waals surface area (Å²) in [4.78, 5) is 11.2. The van der Waals surface area contributed by atoms with Gasteiger partial charge in [-0.05, 0) is 36.1 Å². The summed E-state index contributed by atoms with van der Waals surface area (Å²) in [6.45, 7) is 0. The van der Waals surface area contributed by atoms with E-state index in [1.165, 1.54) is 24.3 Å². The van der Waals surface area contributed by atoms with E-state index >= 15 is 0 Å². The number of halogens is 4. The highest BCUT2D eigenvalue weighted by Gasteiger charge is 2.39. The molecule has 0 aromatic heterocycles. The van der Waals surface area contributed by atoms with Crippen molar-refractivity contribution < 1.29 is 22.4 Å². The summed E-state index contributed by atoms with van der Waals surface area (Å²) in [5.41, 5.74) is 1.46. The number of rotatable bonds is 5. The van der Waals surface area contributed by atoms with Crippen LogP contribution in [0.3, 0.4) is 0 Å².